The Morgan fingerprint density at radius 2 is 1.61 bits per heavy atom. The molecule has 2 aliphatic heterocycles. The molecule has 0 bridgehead atoms. The Morgan fingerprint density at radius 3 is 2.24 bits per heavy atom. The van der Waals surface area contributed by atoms with Gasteiger partial charge in [-0.3, -0.25) is 9.59 Å². The lowest BCUT2D eigenvalue weighted by molar-refractivity contribution is -0.136. The van der Waals surface area contributed by atoms with Crippen LogP contribution in [0.1, 0.15) is 40.4 Å². The van der Waals surface area contributed by atoms with Crippen molar-refractivity contribution in [3.8, 4) is 5.75 Å². The fourth-order valence-electron chi connectivity index (χ4n) is 4.68. The van der Waals surface area contributed by atoms with E-state index in [-0.39, 0.29) is 17.9 Å². The molecule has 3 amide bonds. The van der Waals surface area contributed by atoms with Crippen LogP contribution >= 0.6 is 0 Å². The first kappa shape index (κ1) is 22.6. The molecule has 0 spiro atoms. The van der Waals surface area contributed by atoms with Crippen molar-refractivity contribution >= 4 is 17.9 Å². The summed E-state index contributed by atoms with van der Waals surface area (Å²) in [6.45, 7) is 3.77. The van der Waals surface area contributed by atoms with Crippen molar-refractivity contribution in [1.29, 1.82) is 0 Å². The van der Waals surface area contributed by atoms with E-state index in [1.807, 2.05) is 42.5 Å². The maximum absolute atomic E-state index is 13.9. The van der Waals surface area contributed by atoms with E-state index in [2.05, 4.69) is 0 Å². The first-order valence-corrected chi connectivity index (χ1v) is 11.2. The van der Waals surface area contributed by atoms with Gasteiger partial charge in [0, 0.05) is 38.8 Å². The molecule has 0 saturated carbocycles. The van der Waals surface area contributed by atoms with Crippen LogP contribution in [0.15, 0.2) is 48.5 Å². The van der Waals surface area contributed by atoms with Crippen molar-refractivity contribution in [3.63, 3.8) is 0 Å². The summed E-state index contributed by atoms with van der Waals surface area (Å²) in [5.41, 5.74) is 2.15. The van der Waals surface area contributed by atoms with Gasteiger partial charge in [-0.1, -0.05) is 30.3 Å². The van der Waals surface area contributed by atoms with Crippen LogP contribution in [0.3, 0.4) is 0 Å². The van der Waals surface area contributed by atoms with E-state index < -0.39 is 12.0 Å². The number of benzene rings is 2. The fraction of sp³-hybridized carbons (Fsp3) is 0.400. The van der Waals surface area contributed by atoms with Gasteiger partial charge in [0.25, 0.3) is 5.91 Å². The average Bonchev–Trinajstić information content (AvgIpc) is 2.86. The number of rotatable bonds is 4. The second-order valence-electron chi connectivity index (χ2n) is 8.21. The average molecular weight is 452 g/mol. The molecule has 0 N–H and O–H groups in total. The second-order valence-corrected chi connectivity index (χ2v) is 8.21. The van der Waals surface area contributed by atoms with Crippen LogP contribution in [0.5, 0.6) is 5.75 Å². The summed E-state index contributed by atoms with van der Waals surface area (Å²) in [5, 5.41) is 0. The van der Waals surface area contributed by atoms with Gasteiger partial charge in [-0.25, -0.2) is 4.79 Å². The Labute approximate surface area is 193 Å². The number of carbonyl (C=O) groups excluding carboxylic acids is 3. The summed E-state index contributed by atoms with van der Waals surface area (Å²) in [6, 6.07) is 14.4. The minimum absolute atomic E-state index is 0.0499. The monoisotopic (exact) mass is 451 g/mol. The first-order valence-electron chi connectivity index (χ1n) is 11.2. The SMILES string of the molecule is CCOC(=O)N1CCN(C(=O)C2c3ccccc3C(=O)N(C)C2c2ccc(OC)cc2)CC1. The number of likely N-dealkylation sites (N-methyl/N-ethyl adjacent to an activating group) is 1. The molecule has 2 atom stereocenters. The van der Waals surface area contributed by atoms with Crippen LogP contribution in [0.4, 0.5) is 4.79 Å². The summed E-state index contributed by atoms with van der Waals surface area (Å²) in [4.78, 5) is 44.2. The van der Waals surface area contributed by atoms with Crippen molar-refractivity contribution in [2.75, 3.05) is 46.9 Å². The third kappa shape index (κ3) is 4.25. The quantitative estimate of drug-likeness (QED) is 0.714. The van der Waals surface area contributed by atoms with E-state index in [0.29, 0.717) is 44.1 Å². The van der Waals surface area contributed by atoms with Crippen molar-refractivity contribution in [3.05, 3.63) is 65.2 Å². The third-order valence-electron chi connectivity index (χ3n) is 6.42. The molecular weight excluding hydrogens is 422 g/mol. The molecule has 8 heteroatoms. The Balaban J connectivity index is 1.66. The van der Waals surface area contributed by atoms with Crippen LogP contribution in [-0.4, -0.2) is 79.6 Å². The number of ether oxygens (including phenoxy) is 2. The first-order chi connectivity index (χ1) is 16.0. The third-order valence-corrected chi connectivity index (χ3v) is 6.42. The number of hydrogen-bond acceptors (Lipinski definition) is 5. The zero-order valence-electron chi connectivity index (χ0n) is 19.2. The molecule has 8 nitrogen and oxygen atoms in total. The molecule has 0 radical (unpaired) electrons. The summed E-state index contributed by atoms with van der Waals surface area (Å²) >= 11 is 0. The van der Waals surface area contributed by atoms with Gasteiger partial charge in [0.15, 0.2) is 0 Å². The molecule has 33 heavy (non-hydrogen) atoms. The van der Waals surface area contributed by atoms with Crippen molar-refractivity contribution in [1.82, 2.24) is 14.7 Å². The number of amides is 3. The highest BCUT2D eigenvalue weighted by atomic mass is 16.6. The van der Waals surface area contributed by atoms with Crippen molar-refractivity contribution in [2.24, 2.45) is 0 Å². The second kappa shape index (κ2) is 9.52. The molecule has 2 aliphatic rings. The highest BCUT2D eigenvalue weighted by Crippen LogP contribution is 2.43. The predicted molar refractivity (Wildman–Crippen MR) is 122 cm³/mol. The molecule has 174 valence electrons. The van der Waals surface area contributed by atoms with Gasteiger partial charge in [0.1, 0.15) is 5.75 Å². The Kier molecular flexibility index (Phi) is 6.53. The standard InChI is InChI=1S/C25H29N3O5/c1-4-33-25(31)28-15-13-27(14-16-28)24(30)21-19-7-5-6-8-20(19)23(29)26(2)22(21)17-9-11-18(32-3)12-10-17/h5-12,21-22H,4,13-16H2,1-3H3. The van der Waals surface area contributed by atoms with Gasteiger partial charge in [-0.2, -0.15) is 0 Å². The summed E-state index contributed by atoms with van der Waals surface area (Å²) in [7, 11) is 3.34. The van der Waals surface area contributed by atoms with E-state index in [0.717, 1.165) is 11.1 Å². The van der Waals surface area contributed by atoms with Gasteiger partial charge < -0.3 is 24.2 Å². The molecule has 1 fully saturated rings. The van der Waals surface area contributed by atoms with Crippen LogP contribution in [0.25, 0.3) is 0 Å². The molecule has 2 unspecified atom stereocenters. The lowest BCUT2D eigenvalue weighted by Crippen LogP contribution is -2.54. The number of carbonyl (C=O) groups is 3. The van der Waals surface area contributed by atoms with Gasteiger partial charge in [0.2, 0.25) is 5.91 Å². The van der Waals surface area contributed by atoms with E-state index in [1.165, 1.54) is 0 Å². The number of piperazine rings is 1. The number of fused-ring (bicyclic) bond motifs is 1. The maximum Gasteiger partial charge on any atom is 0.409 e. The van der Waals surface area contributed by atoms with Crippen molar-refractivity contribution in [2.45, 2.75) is 18.9 Å². The van der Waals surface area contributed by atoms with Gasteiger partial charge >= 0.3 is 6.09 Å². The molecule has 2 aromatic rings. The molecule has 0 aliphatic carbocycles. The summed E-state index contributed by atoms with van der Waals surface area (Å²) in [6.07, 6.45) is -0.353. The topological polar surface area (TPSA) is 79.4 Å². The van der Waals surface area contributed by atoms with Crippen LogP contribution in [-0.2, 0) is 9.53 Å². The maximum atomic E-state index is 13.9. The van der Waals surface area contributed by atoms with Crippen molar-refractivity contribution < 1.29 is 23.9 Å². The predicted octanol–water partition coefficient (Wildman–Crippen LogP) is 2.91. The number of hydrogen-bond donors (Lipinski definition) is 0. The van der Waals surface area contributed by atoms with Gasteiger partial charge in [-0.15, -0.1) is 0 Å². The lowest BCUT2D eigenvalue weighted by atomic mass is 9.79. The van der Waals surface area contributed by atoms with Gasteiger partial charge in [0.05, 0.1) is 25.7 Å². The van der Waals surface area contributed by atoms with E-state index in [4.69, 9.17) is 9.47 Å². The molecular formula is C25H29N3O5. The molecule has 2 aromatic carbocycles. The largest absolute Gasteiger partial charge is 0.497 e. The molecule has 2 heterocycles. The zero-order chi connectivity index (χ0) is 23.5. The molecule has 1 saturated heterocycles. The fourth-order valence-corrected chi connectivity index (χ4v) is 4.68. The molecule has 0 aromatic heterocycles. The number of nitrogens with zero attached hydrogens (tertiary/aromatic N) is 3. The molecule has 4 rings (SSSR count). The van der Waals surface area contributed by atoms with E-state index in [9.17, 15) is 14.4 Å². The minimum Gasteiger partial charge on any atom is -0.497 e. The summed E-state index contributed by atoms with van der Waals surface area (Å²) < 4.78 is 10.4. The highest BCUT2D eigenvalue weighted by molar-refractivity contribution is 6.01. The summed E-state index contributed by atoms with van der Waals surface area (Å²) in [5.74, 6) is 0.00191. The van der Waals surface area contributed by atoms with Crippen LogP contribution in [0.2, 0.25) is 0 Å². The Hall–Kier alpha value is -3.55. The lowest BCUT2D eigenvalue weighted by Gasteiger charge is -2.43. The minimum atomic E-state index is -0.550. The van der Waals surface area contributed by atoms with E-state index >= 15 is 0 Å². The van der Waals surface area contributed by atoms with E-state index in [1.54, 1.807) is 41.8 Å². The zero-order valence-corrected chi connectivity index (χ0v) is 19.2. The number of methoxy groups -OCH3 is 1. The Morgan fingerprint density at radius 1 is 0.970 bits per heavy atom. The normalized spacial score (nSPS) is 20.3. The highest BCUT2D eigenvalue weighted by Gasteiger charge is 2.44. The Bertz CT molecular complexity index is 1030. The van der Waals surface area contributed by atoms with Crippen LogP contribution in [0, 0.1) is 0 Å². The van der Waals surface area contributed by atoms with Crippen LogP contribution < -0.4 is 4.74 Å². The van der Waals surface area contributed by atoms with Gasteiger partial charge in [-0.05, 0) is 36.2 Å². The smallest absolute Gasteiger partial charge is 0.409 e.